The molecule has 0 spiro atoms. The van der Waals surface area contributed by atoms with Crippen LogP contribution in [0.1, 0.15) is 40.0 Å². The van der Waals surface area contributed by atoms with Crippen LogP contribution in [0.4, 0.5) is 4.79 Å². The highest BCUT2D eigenvalue weighted by atomic mass is 16.5. The van der Waals surface area contributed by atoms with Gasteiger partial charge in [-0.15, -0.1) is 0 Å². The second-order valence-corrected chi connectivity index (χ2v) is 6.81. The van der Waals surface area contributed by atoms with E-state index in [1.54, 1.807) is 11.8 Å². The minimum absolute atomic E-state index is 0.0323. The molecule has 0 aromatic heterocycles. The lowest BCUT2D eigenvalue weighted by atomic mass is 9.87. The zero-order valence-corrected chi connectivity index (χ0v) is 13.3. The van der Waals surface area contributed by atoms with Crippen LogP contribution in [-0.4, -0.2) is 55.5 Å². The molecule has 20 heavy (non-hydrogen) atoms. The van der Waals surface area contributed by atoms with E-state index < -0.39 is 0 Å². The highest BCUT2D eigenvalue weighted by Crippen LogP contribution is 2.21. The van der Waals surface area contributed by atoms with Crippen LogP contribution >= 0.6 is 0 Å². The number of aliphatic hydroxyl groups is 1. The van der Waals surface area contributed by atoms with Gasteiger partial charge in [0.05, 0.1) is 6.10 Å². The molecule has 2 N–H and O–H groups in total. The molecule has 1 unspecified atom stereocenters. The van der Waals surface area contributed by atoms with Gasteiger partial charge in [0.25, 0.3) is 0 Å². The Balaban J connectivity index is 2.30. The van der Waals surface area contributed by atoms with Crippen LogP contribution in [0, 0.1) is 11.3 Å². The fourth-order valence-electron chi connectivity index (χ4n) is 2.72. The summed E-state index contributed by atoms with van der Waals surface area (Å²) in [5, 5.41) is 12.4. The number of nitrogens with zero attached hydrogens (tertiary/aromatic N) is 1. The fourth-order valence-corrected chi connectivity index (χ4v) is 2.72. The third kappa shape index (κ3) is 6.57. The van der Waals surface area contributed by atoms with Gasteiger partial charge in [-0.2, -0.15) is 0 Å². The van der Waals surface area contributed by atoms with Gasteiger partial charge in [0.15, 0.2) is 0 Å². The number of urea groups is 1. The number of amides is 2. The van der Waals surface area contributed by atoms with Crippen molar-refractivity contribution < 1.29 is 14.6 Å². The largest absolute Gasteiger partial charge is 0.393 e. The lowest BCUT2D eigenvalue weighted by Gasteiger charge is -2.30. The van der Waals surface area contributed by atoms with Crippen molar-refractivity contribution in [3.63, 3.8) is 0 Å². The monoisotopic (exact) mass is 286 g/mol. The van der Waals surface area contributed by atoms with Crippen molar-refractivity contribution >= 4 is 6.03 Å². The Bertz CT molecular complexity index is 299. The first-order valence-corrected chi connectivity index (χ1v) is 7.55. The predicted molar refractivity (Wildman–Crippen MR) is 79.7 cm³/mol. The van der Waals surface area contributed by atoms with E-state index >= 15 is 0 Å². The Hall–Kier alpha value is -0.810. The van der Waals surface area contributed by atoms with E-state index in [1.807, 2.05) is 7.05 Å². The number of ether oxygens (including phenoxy) is 1. The molecular formula is C15H30N2O3. The van der Waals surface area contributed by atoms with Gasteiger partial charge in [0.2, 0.25) is 0 Å². The van der Waals surface area contributed by atoms with Crippen molar-refractivity contribution in [2.45, 2.75) is 46.1 Å². The van der Waals surface area contributed by atoms with E-state index in [-0.39, 0.29) is 17.6 Å². The molecule has 118 valence electrons. The molecule has 1 fully saturated rings. The van der Waals surface area contributed by atoms with E-state index in [4.69, 9.17) is 4.74 Å². The first-order chi connectivity index (χ1) is 9.30. The maximum absolute atomic E-state index is 12.1. The third-order valence-corrected chi connectivity index (χ3v) is 3.79. The molecule has 5 nitrogen and oxygen atoms in total. The average Bonchev–Trinajstić information content (AvgIpc) is 2.35. The zero-order valence-electron chi connectivity index (χ0n) is 13.3. The highest BCUT2D eigenvalue weighted by Gasteiger charge is 2.23. The van der Waals surface area contributed by atoms with Gasteiger partial charge in [-0.25, -0.2) is 4.79 Å². The van der Waals surface area contributed by atoms with E-state index in [0.29, 0.717) is 18.9 Å². The molecular weight excluding hydrogens is 256 g/mol. The van der Waals surface area contributed by atoms with E-state index in [1.165, 1.54) is 0 Å². The van der Waals surface area contributed by atoms with Crippen LogP contribution in [0.15, 0.2) is 0 Å². The molecule has 5 heteroatoms. The highest BCUT2D eigenvalue weighted by molar-refractivity contribution is 5.73. The van der Waals surface area contributed by atoms with Crippen LogP contribution in [0.2, 0.25) is 0 Å². The molecule has 2 amide bonds. The van der Waals surface area contributed by atoms with Gasteiger partial charge < -0.3 is 20.1 Å². The van der Waals surface area contributed by atoms with Gasteiger partial charge in [0, 0.05) is 33.4 Å². The smallest absolute Gasteiger partial charge is 0.317 e. The second-order valence-electron chi connectivity index (χ2n) is 6.81. The van der Waals surface area contributed by atoms with Crippen LogP contribution in [0.25, 0.3) is 0 Å². The topological polar surface area (TPSA) is 61.8 Å². The van der Waals surface area contributed by atoms with Gasteiger partial charge in [0.1, 0.15) is 0 Å². The number of nitrogens with one attached hydrogen (secondary N) is 1. The van der Waals surface area contributed by atoms with Gasteiger partial charge in [-0.1, -0.05) is 13.8 Å². The van der Waals surface area contributed by atoms with E-state index in [2.05, 4.69) is 19.2 Å². The predicted octanol–water partition coefficient (Wildman–Crippen LogP) is 1.85. The summed E-state index contributed by atoms with van der Waals surface area (Å²) in [6.07, 6.45) is 2.40. The number of hydrogen-bond acceptors (Lipinski definition) is 3. The summed E-state index contributed by atoms with van der Waals surface area (Å²) in [7, 11) is 1.84. The van der Waals surface area contributed by atoms with Gasteiger partial charge >= 0.3 is 6.03 Å². The third-order valence-electron chi connectivity index (χ3n) is 3.79. The van der Waals surface area contributed by atoms with Crippen molar-refractivity contribution in [1.82, 2.24) is 10.2 Å². The van der Waals surface area contributed by atoms with E-state index in [0.717, 1.165) is 32.6 Å². The minimum atomic E-state index is -0.345. The van der Waals surface area contributed by atoms with Gasteiger partial charge in [-0.3, -0.25) is 0 Å². The standard InChI is InChI=1S/C15H30N2O3/c1-12(18)9-15(2,3)11-16-14(19)17(4)10-13-5-7-20-8-6-13/h12-13,18H,5-11H2,1-4H3,(H,16,19). The summed E-state index contributed by atoms with van der Waals surface area (Å²) in [4.78, 5) is 13.8. The molecule has 0 aromatic rings. The lowest BCUT2D eigenvalue weighted by molar-refractivity contribution is 0.0584. The lowest BCUT2D eigenvalue weighted by Crippen LogP contribution is -2.44. The Morgan fingerprint density at radius 2 is 2.05 bits per heavy atom. The summed E-state index contributed by atoms with van der Waals surface area (Å²) in [6.45, 7) is 8.86. The quantitative estimate of drug-likeness (QED) is 0.783. The first-order valence-electron chi connectivity index (χ1n) is 7.55. The van der Waals surface area contributed by atoms with Crippen molar-refractivity contribution in [1.29, 1.82) is 0 Å². The number of carbonyl (C=O) groups excluding carboxylic acids is 1. The molecule has 1 saturated heterocycles. The molecule has 0 saturated carbocycles. The molecule has 0 radical (unpaired) electrons. The van der Waals surface area contributed by atoms with Gasteiger partial charge in [-0.05, 0) is 37.5 Å². The Morgan fingerprint density at radius 1 is 1.45 bits per heavy atom. The number of aliphatic hydroxyl groups excluding tert-OH is 1. The summed E-state index contributed by atoms with van der Waals surface area (Å²) in [5.74, 6) is 0.546. The number of rotatable bonds is 6. The molecule has 1 atom stereocenters. The molecule has 1 aliphatic rings. The van der Waals surface area contributed by atoms with Crippen molar-refractivity contribution in [3.05, 3.63) is 0 Å². The maximum Gasteiger partial charge on any atom is 0.317 e. The zero-order chi connectivity index (χ0) is 15.2. The number of carbonyl (C=O) groups is 1. The van der Waals surface area contributed by atoms with Crippen molar-refractivity contribution in [3.8, 4) is 0 Å². The molecule has 0 aliphatic carbocycles. The SMILES string of the molecule is CC(O)CC(C)(C)CNC(=O)N(C)CC1CCOCC1. The summed E-state index contributed by atoms with van der Waals surface area (Å²) < 4.78 is 5.33. The molecule has 1 heterocycles. The Labute approximate surface area is 122 Å². The van der Waals surface area contributed by atoms with Crippen LogP contribution < -0.4 is 5.32 Å². The minimum Gasteiger partial charge on any atom is -0.393 e. The van der Waals surface area contributed by atoms with Crippen molar-refractivity contribution in [2.75, 3.05) is 33.4 Å². The van der Waals surface area contributed by atoms with Crippen LogP contribution in [0.3, 0.4) is 0 Å². The summed E-state index contributed by atoms with van der Waals surface area (Å²) in [5.41, 5.74) is -0.0939. The second kappa shape index (κ2) is 7.84. The fraction of sp³-hybridized carbons (Fsp3) is 0.933. The number of hydrogen-bond donors (Lipinski definition) is 2. The molecule has 1 rings (SSSR count). The summed E-state index contributed by atoms with van der Waals surface area (Å²) in [6, 6.07) is -0.0323. The Morgan fingerprint density at radius 3 is 2.60 bits per heavy atom. The molecule has 0 bridgehead atoms. The normalized spacial score (nSPS) is 18.6. The summed E-state index contributed by atoms with van der Waals surface area (Å²) >= 11 is 0. The Kier molecular flexibility index (Phi) is 6.76. The average molecular weight is 286 g/mol. The first kappa shape index (κ1) is 17.2. The van der Waals surface area contributed by atoms with Crippen LogP contribution in [0.5, 0.6) is 0 Å². The molecule has 0 aromatic carbocycles. The maximum atomic E-state index is 12.1. The van der Waals surface area contributed by atoms with E-state index in [9.17, 15) is 9.90 Å². The van der Waals surface area contributed by atoms with Crippen LogP contribution in [-0.2, 0) is 4.74 Å². The molecule has 1 aliphatic heterocycles. The van der Waals surface area contributed by atoms with Crippen molar-refractivity contribution in [2.24, 2.45) is 11.3 Å².